The summed E-state index contributed by atoms with van der Waals surface area (Å²) in [7, 11) is 0. The molecule has 2 atom stereocenters. The van der Waals surface area contributed by atoms with Gasteiger partial charge in [-0.15, -0.1) is 0 Å². The van der Waals surface area contributed by atoms with Crippen LogP contribution in [0.2, 0.25) is 0 Å². The minimum absolute atomic E-state index is 0.108. The van der Waals surface area contributed by atoms with E-state index in [-0.39, 0.29) is 12.8 Å². The van der Waals surface area contributed by atoms with Crippen LogP contribution in [0.4, 0.5) is 4.79 Å². The highest BCUT2D eigenvalue weighted by molar-refractivity contribution is 5.93. The van der Waals surface area contributed by atoms with Gasteiger partial charge in [-0.05, 0) is 51.7 Å². The Balaban J connectivity index is 3.34. The quantitative estimate of drug-likeness (QED) is 0.259. The number of nitrogens with zero attached hydrogens (tertiary/aromatic N) is 1. The van der Waals surface area contributed by atoms with Crippen LogP contribution in [0, 0.1) is 19.4 Å². The number of primary amides is 1. The molecule has 0 saturated heterocycles. The van der Waals surface area contributed by atoms with Crippen molar-refractivity contribution in [2.45, 2.75) is 78.0 Å². The first-order valence-electron chi connectivity index (χ1n) is 11.3. The van der Waals surface area contributed by atoms with E-state index in [0.717, 1.165) is 23.3 Å². The van der Waals surface area contributed by atoms with Crippen molar-refractivity contribution in [3.05, 3.63) is 35.4 Å². The van der Waals surface area contributed by atoms with E-state index < -0.39 is 41.5 Å². The fourth-order valence-electron chi connectivity index (χ4n) is 3.20. The van der Waals surface area contributed by atoms with Crippen LogP contribution in [-0.4, -0.2) is 46.9 Å². The number of nitrogens with two attached hydrogens (primary N) is 1. The number of nitrogens with one attached hydrogen (secondary N) is 2. The van der Waals surface area contributed by atoms with Crippen LogP contribution in [-0.2, 0) is 19.1 Å². The number of amides is 4. The molecule has 0 aliphatic heterocycles. The molecule has 0 spiro atoms. The number of ether oxygens (including phenoxy) is 1. The molecule has 34 heavy (non-hydrogen) atoms. The predicted molar refractivity (Wildman–Crippen MR) is 129 cm³/mol. The fraction of sp³-hybridized carbons (Fsp3) is 0.520. The van der Waals surface area contributed by atoms with Crippen LogP contribution in [0.5, 0.6) is 0 Å². The van der Waals surface area contributed by atoms with E-state index >= 15 is 0 Å². The minimum Gasteiger partial charge on any atom is -0.444 e. The van der Waals surface area contributed by atoms with Gasteiger partial charge in [-0.3, -0.25) is 19.3 Å². The molecular formula is C25H36N4O5. The highest BCUT2D eigenvalue weighted by Gasteiger charge is 2.36. The third-order valence-electron chi connectivity index (χ3n) is 4.86. The van der Waals surface area contributed by atoms with E-state index in [1.165, 1.54) is 0 Å². The van der Waals surface area contributed by atoms with Crippen LogP contribution >= 0.6 is 0 Å². The molecule has 0 heterocycles. The average molecular weight is 473 g/mol. The predicted octanol–water partition coefficient (Wildman–Crippen LogP) is 2.53. The number of carbonyl (C=O) groups is 4. The SMILES string of the molecule is C#CN(C(=O)C(CCC(N)=O)NC(=O)OC(C)(C)C)C(C(=O)NCCCC)c1ccccc1C. The number of rotatable bonds is 11. The van der Waals surface area contributed by atoms with Crippen molar-refractivity contribution in [2.75, 3.05) is 6.54 Å². The van der Waals surface area contributed by atoms with Crippen molar-refractivity contribution in [2.24, 2.45) is 5.73 Å². The zero-order chi connectivity index (χ0) is 25.9. The Labute approximate surface area is 201 Å². The number of unbranched alkanes of at least 4 members (excludes halogenated alkanes) is 1. The lowest BCUT2D eigenvalue weighted by atomic mass is 9.98. The van der Waals surface area contributed by atoms with Crippen molar-refractivity contribution >= 4 is 23.8 Å². The van der Waals surface area contributed by atoms with Gasteiger partial charge >= 0.3 is 6.09 Å². The van der Waals surface area contributed by atoms with Crippen LogP contribution < -0.4 is 16.4 Å². The molecule has 0 fully saturated rings. The van der Waals surface area contributed by atoms with Gasteiger partial charge < -0.3 is 21.1 Å². The molecule has 0 saturated carbocycles. The molecule has 1 aromatic rings. The molecule has 2 unspecified atom stereocenters. The van der Waals surface area contributed by atoms with Gasteiger partial charge in [-0.1, -0.05) is 44.0 Å². The monoisotopic (exact) mass is 472 g/mol. The summed E-state index contributed by atoms with van der Waals surface area (Å²) in [6.45, 7) is 9.25. The maximum absolute atomic E-state index is 13.5. The number of hydrogen-bond acceptors (Lipinski definition) is 5. The van der Waals surface area contributed by atoms with E-state index in [0.29, 0.717) is 12.1 Å². The molecule has 0 radical (unpaired) electrons. The van der Waals surface area contributed by atoms with Crippen LogP contribution in [0.1, 0.15) is 70.5 Å². The molecular weight excluding hydrogens is 436 g/mol. The maximum Gasteiger partial charge on any atom is 0.408 e. The number of aryl methyl sites for hydroxylation is 1. The molecule has 0 aliphatic carbocycles. The largest absolute Gasteiger partial charge is 0.444 e. The summed E-state index contributed by atoms with van der Waals surface area (Å²) < 4.78 is 5.25. The highest BCUT2D eigenvalue weighted by Crippen LogP contribution is 2.25. The first-order valence-corrected chi connectivity index (χ1v) is 11.3. The molecule has 0 aromatic heterocycles. The number of hydrogen-bond donors (Lipinski definition) is 3. The lowest BCUT2D eigenvalue weighted by Crippen LogP contribution is -2.51. The molecule has 9 heteroatoms. The molecule has 0 aliphatic rings. The Bertz CT molecular complexity index is 917. The fourth-order valence-corrected chi connectivity index (χ4v) is 3.20. The van der Waals surface area contributed by atoms with E-state index in [1.54, 1.807) is 32.9 Å². The van der Waals surface area contributed by atoms with Gasteiger partial charge in [0.05, 0.1) is 0 Å². The zero-order valence-corrected chi connectivity index (χ0v) is 20.6. The van der Waals surface area contributed by atoms with Gasteiger partial charge in [-0.2, -0.15) is 0 Å². The molecule has 1 rings (SSSR count). The number of terminal acetylenes is 1. The van der Waals surface area contributed by atoms with Crippen molar-refractivity contribution < 1.29 is 23.9 Å². The standard InChI is InChI=1S/C25H36N4O5/c1-7-9-16-27-22(31)21(18-13-11-10-12-17(18)3)29(8-2)23(32)19(14-15-20(26)30)28-24(33)34-25(4,5)6/h2,10-13,19,21H,7,9,14-16H2,1,3-6H3,(H2,26,30)(H,27,31)(H,28,33). The van der Waals surface area contributed by atoms with E-state index in [4.69, 9.17) is 16.9 Å². The molecule has 1 aromatic carbocycles. The highest BCUT2D eigenvalue weighted by atomic mass is 16.6. The van der Waals surface area contributed by atoms with Gasteiger partial charge in [0.15, 0.2) is 0 Å². The van der Waals surface area contributed by atoms with E-state index in [1.807, 2.05) is 26.0 Å². The zero-order valence-electron chi connectivity index (χ0n) is 20.6. The Hall–Kier alpha value is -3.54. The summed E-state index contributed by atoms with van der Waals surface area (Å²) in [6, 6.07) is 7.03. The second-order valence-corrected chi connectivity index (χ2v) is 8.94. The van der Waals surface area contributed by atoms with Crippen LogP contribution in [0.25, 0.3) is 0 Å². The number of carbonyl (C=O) groups excluding carboxylic acids is 4. The topological polar surface area (TPSA) is 131 Å². The summed E-state index contributed by atoms with van der Waals surface area (Å²) in [5, 5.41) is 5.29. The second-order valence-electron chi connectivity index (χ2n) is 8.94. The van der Waals surface area contributed by atoms with Gasteiger partial charge in [0.2, 0.25) is 11.8 Å². The molecule has 186 valence electrons. The van der Waals surface area contributed by atoms with E-state index in [2.05, 4.69) is 16.7 Å². The maximum atomic E-state index is 13.5. The van der Waals surface area contributed by atoms with Crippen LogP contribution in [0.15, 0.2) is 24.3 Å². The first-order chi connectivity index (χ1) is 15.9. The van der Waals surface area contributed by atoms with Gasteiger partial charge in [0.25, 0.3) is 5.91 Å². The van der Waals surface area contributed by atoms with Crippen molar-refractivity contribution in [3.63, 3.8) is 0 Å². The third kappa shape index (κ3) is 9.14. The first kappa shape index (κ1) is 28.5. The van der Waals surface area contributed by atoms with Crippen molar-refractivity contribution in [1.82, 2.24) is 15.5 Å². The Kier molecular flexibility index (Phi) is 11.1. The lowest BCUT2D eigenvalue weighted by Gasteiger charge is -2.31. The smallest absolute Gasteiger partial charge is 0.408 e. The van der Waals surface area contributed by atoms with Crippen molar-refractivity contribution in [3.8, 4) is 12.5 Å². The van der Waals surface area contributed by atoms with Crippen molar-refractivity contribution in [1.29, 1.82) is 0 Å². The molecule has 4 amide bonds. The Morgan fingerprint density at radius 3 is 2.38 bits per heavy atom. The summed E-state index contributed by atoms with van der Waals surface area (Å²) in [5.41, 5.74) is 5.76. The minimum atomic E-state index is -1.23. The molecule has 0 bridgehead atoms. The average Bonchev–Trinajstić information content (AvgIpc) is 2.73. The summed E-state index contributed by atoms with van der Waals surface area (Å²) in [6.07, 6.45) is 6.22. The molecule has 9 nitrogen and oxygen atoms in total. The normalized spacial score (nSPS) is 12.6. The van der Waals surface area contributed by atoms with Gasteiger partial charge in [0.1, 0.15) is 17.7 Å². The number of benzene rings is 1. The lowest BCUT2D eigenvalue weighted by molar-refractivity contribution is -0.138. The Morgan fingerprint density at radius 1 is 1.21 bits per heavy atom. The van der Waals surface area contributed by atoms with E-state index in [9.17, 15) is 19.2 Å². The second kappa shape index (κ2) is 13.2. The van der Waals surface area contributed by atoms with Crippen LogP contribution in [0.3, 0.4) is 0 Å². The van der Waals surface area contributed by atoms with Gasteiger partial charge in [0, 0.05) is 19.0 Å². The summed E-state index contributed by atoms with van der Waals surface area (Å²) in [4.78, 5) is 51.4. The number of alkyl carbamates (subject to hydrolysis) is 1. The summed E-state index contributed by atoms with van der Waals surface area (Å²) >= 11 is 0. The van der Waals surface area contributed by atoms with Gasteiger partial charge in [-0.25, -0.2) is 4.79 Å². The summed E-state index contributed by atoms with van der Waals surface area (Å²) in [5.74, 6) is -1.82. The third-order valence-corrected chi connectivity index (χ3v) is 4.86. The molecule has 4 N–H and O–H groups in total. The Morgan fingerprint density at radius 2 is 1.85 bits per heavy atom.